The van der Waals surface area contributed by atoms with E-state index in [2.05, 4.69) is 4.74 Å². The Kier molecular flexibility index (Phi) is 5.15. The minimum atomic E-state index is -2.82. The highest BCUT2D eigenvalue weighted by molar-refractivity contribution is 6.31. The Balaban J connectivity index is 2.07. The Labute approximate surface area is 127 Å². The summed E-state index contributed by atoms with van der Waals surface area (Å²) in [5.74, 6) is 0.120. The van der Waals surface area contributed by atoms with Gasteiger partial charge >= 0.3 is 6.61 Å². The lowest BCUT2D eigenvalue weighted by Gasteiger charge is -2.14. The van der Waals surface area contributed by atoms with Crippen molar-refractivity contribution in [1.29, 1.82) is 0 Å². The molecule has 2 aromatic rings. The van der Waals surface area contributed by atoms with E-state index in [0.717, 1.165) is 16.7 Å². The predicted octanol–water partition coefficient (Wildman–Crippen LogP) is 4.49. The van der Waals surface area contributed by atoms with Gasteiger partial charge in [0.2, 0.25) is 0 Å². The molecular formula is C16H16ClF2NO. The van der Waals surface area contributed by atoms with Crippen LogP contribution in [0.2, 0.25) is 5.02 Å². The minimum absolute atomic E-state index is 0.120. The van der Waals surface area contributed by atoms with Crippen LogP contribution in [0, 0.1) is 6.92 Å². The van der Waals surface area contributed by atoms with E-state index < -0.39 is 6.61 Å². The molecule has 112 valence electrons. The number of ether oxygens (including phenoxy) is 1. The second-order valence-corrected chi connectivity index (χ2v) is 5.26. The van der Waals surface area contributed by atoms with Gasteiger partial charge in [0.1, 0.15) is 5.75 Å². The summed E-state index contributed by atoms with van der Waals surface area (Å²) in [6.07, 6.45) is 0.578. The highest BCUT2D eigenvalue weighted by Crippen LogP contribution is 2.24. The van der Waals surface area contributed by atoms with Crippen LogP contribution in [0.25, 0.3) is 0 Å². The number of rotatable bonds is 5. The van der Waals surface area contributed by atoms with Crippen LogP contribution in [0.1, 0.15) is 22.7 Å². The first-order valence-electron chi connectivity index (χ1n) is 6.51. The first-order chi connectivity index (χ1) is 9.95. The molecule has 0 aliphatic rings. The van der Waals surface area contributed by atoms with Crippen molar-refractivity contribution < 1.29 is 13.5 Å². The zero-order chi connectivity index (χ0) is 15.4. The summed E-state index contributed by atoms with van der Waals surface area (Å²) in [7, 11) is 0. The fourth-order valence-electron chi connectivity index (χ4n) is 2.07. The average molecular weight is 312 g/mol. The van der Waals surface area contributed by atoms with Crippen LogP contribution in [0.3, 0.4) is 0 Å². The van der Waals surface area contributed by atoms with E-state index >= 15 is 0 Å². The maximum Gasteiger partial charge on any atom is 0.387 e. The van der Waals surface area contributed by atoms with Crippen molar-refractivity contribution in [2.24, 2.45) is 5.73 Å². The number of nitrogens with two attached hydrogens (primary N) is 1. The van der Waals surface area contributed by atoms with Crippen molar-refractivity contribution in [3.8, 4) is 5.75 Å². The van der Waals surface area contributed by atoms with Crippen molar-refractivity contribution in [1.82, 2.24) is 0 Å². The first kappa shape index (κ1) is 15.7. The summed E-state index contributed by atoms with van der Waals surface area (Å²) in [5, 5.41) is 0.683. The van der Waals surface area contributed by atoms with E-state index in [4.69, 9.17) is 17.3 Å². The first-order valence-corrected chi connectivity index (χ1v) is 6.89. The zero-order valence-electron chi connectivity index (χ0n) is 11.5. The van der Waals surface area contributed by atoms with Gasteiger partial charge in [-0.25, -0.2) is 0 Å². The van der Waals surface area contributed by atoms with E-state index in [0.29, 0.717) is 11.4 Å². The second kappa shape index (κ2) is 6.87. The van der Waals surface area contributed by atoms with Crippen molar-refractivity contribution in [3.05, 3.63) is 64.2 Å². The van der Waals surface area contributed by atoms with Crippen molar-refractivity contribution >= 4 is 11.6 Å². The molecule has 0 aliphatic carbocycles. The number of hydrogen-bond donors (Lipinski definition) is 1. The molecule has 0 bridgehead atoms. The van der Waals surface area contributed by atoms with Crippen LogP contribution in [-0.4, -0.2) is 6.61 Å². The number of hydrogen-bond acceptors (Lipinski definition) is 2. The summed E-state index contributed by atoms with van der Waals surface area (Å²) < 4.78 is 28.5. The average Bonchev–Trinajstić information content (AvgIpc) is 2.42. The normalized spacial score (nSPS) is 12.5. The summed E-state index contributed by atoms with van der Waals surface area (Å²) in [5.41, 5.74) is 9.03. The highest BCUT2D eigenvalue weighted by atomic mass is 35.5. The Bertz CT molecular complexity index is 602. The van der Waals surface area contributed by atoms with Crippen LogP contribution in [0.4, 0.5) is 8.78 Å². The van der Waals surface area contributed by atoms with Gasteiger partial charge in [0.05, 0.1) is 0 Å². The smallest absolute Gasteiger partial charge is 0.387 e. The van der Waals surface area contributed by atoms with E-state index in [-0.39, 0.29) is 11.8 Å². The van der Waals surface area contributed by atoms with Crippen molar-refractivity contribution in [2.75, 3.05) is 0 Å². The molecule has 2 N–H and O–H groups in total. The third-order valence-electron chi connectivity index (χ3n) is 3.18. The monoisotopic (exact) mass is 311 g/mol. The van der Waals surface area contributed by atoms with Gasteiger partial charge in [-0.05, 0) is 48.2 Å². The third-order valence-corrected chi connectivity index (χ3v) is 3.53. The van der Waals surface area contributed by atoms with E-state index in [9.17, 15) is 8.78 Å². The minimum Gasteiger partial charge on any atom is -0.435 e. The third kappa shape index (κ3) is 4.41. The summed E-state index contributed by atoms with van der Waals surface area (Å²) in [6, 6.07) is 11.9. The lowest BCUT2D eigenvalue weighted by atomic mass is 9.99. The van der Waals surface area contributed by atoms with Gasteiger partial charge in [-0.2, -0.15) is 8.78 Å². The lowest BCUT2D eigenvalue weighted by Crippen LogP contribution is -2.13. The largest absolute Gasteiger partial charge is 0.435 e. The molecule has 2 rings (SSSR count). The Morgan fingerprint density at radius 3 is 2.38 bits per heavy atom. The fraction of sp³-hybridized carbons (Fsp3) is 0.250. The SMILES string of the molecule is Cc1ccc(CC(N)c2ccc(OC(F)F)cc2)c(Cl)c1. The molecule has 0 aliphatic heterocycles. The summed E-state index contributed by atoms with van der Waals surface area (Å²) in [4.78, 5) is 0. The molecule has 0 radical (unpaired) electrons. The highest BCUT2D eigenvalue weighted by Gasteiger charge is 2.11. The van der Waals surface area contributed by atoms with Crippen LogP contribution >= 0.6 is 11.6 Å². The molecule has 5 heteroatoms. The van der Waals surface area contributed by atoms with Gasteiger partial charge in [-0.15, -0.1) is 0 Å². The topological polar surface area (TPSA) is 35.2 Å². The number of aryl methyl sites for hydroxylation is 1. The number of halogens is 3. The molecule has 0 aromatic heterocycles. The second-order valence-electron chi connectivity index (χ2n) is 4.85. The van der Waals surface area contributed by atoms with E-state index in [1.807, 2.05) is 25.1 Å². The van der Waals surface area contributed by atoms with E-state index in [1.165, 1.54) is 12.1 Å². The number of alkyl halides is 2. The van der Waals surface area contributed by atoms with E-state index in [1.54, 1.807) is 12.1 Å². The van der Waals surface area contributed by atoms with Crippen LogP contribution in [-0.2, 0) is 6.42 Å². The van der Waals surface area contributed by atoms with Gasteiger partial charge in [0, 0.05) is 11.1 Å². The molecule has 2 nitrogen and oxygen atoms in total. The standard InChI is InChI=1S/C16H16ClF2NO/c1-10-2-3-12(14(17)8-10)9-15(20)11-4-6-13(7-5-11)21-16(18)19/h2-8,15-16H,9,20H2,1H3. The molecule has 0 fully saturated rings. The van der Waals surface area contributed by atoms with Crippen LogP contribution in [0.5, 0.6) is 5.75 Å². The Morgan fingerprint density at radius 1 is 1.14 bits per heavy atom. The Hall–Kier alpha value is -1.65. The maximum absolute atomic E-state index is 12.1. The van der Waals surface area contributed by atoms with Crippen molar-refractivity contribution in [3.63, 3.8) is 0 Å². The molecular weight excluding hydrogens is 296 g/mol. The van der Waals surface area contributed by atoms with Gasteiger partial charge in [0.15, 0.2) is 0 Å². The predicted molar refractivity (Wildman–Crippen MR) is 79.9 cm³/mol. The van der Waals surface area contributed by atoms with Gasteiger partial charge in [-0.1, -0.05) is 35.9 Å². The maximum atomic E-state index is 12.1. The van der Waals surface area contributed by atoms with Crippen LogP contribution in [0.15, 0.2) is 42.5 Å². The molecule has 0 saturated heterocycles. The molecule has 0 heterocycles. The molecule has 0 saturated carbocycles. The molecule has 2 aromatic carbocycles. The lowest BCUT2D eigenvalue weighted by molar-refractivity contribution is -0.0498. The quantitative estimate of drug-likeness (QED) is 0.883. The van der Waals surface area contributed by atoms with Crippen LogP contribution < -0.4 is 10.5 Å². The van der Waals surface area contributed by atoms with Gasteiger partial charge in [0.25, 0.3) is 0 Å². The van der Waals surface area contributed by atoms with Gasteiger partial charge < -0.3 is 10.5 Å². The number of benzene rings is 2. The summed E-state index contributed by atoms with van der Waals surface area (Å²) in [6.45, 7) is -0.854. The molecule has 1 atom stereocenters. The fourth-order valence-corrected chi connectivity index (χ4v) is 2.38. The Morgan fingerprint density at radius 2 is 1.81 bits per heavy atom. The summed E-state index contributed by atoms with van der Waals surface area (Å²) >= 11 is 6.18. The van der Waals surface area contributed by atoms with Crippen molar-refractivity contribution in [2.45, 2.75) is 26.0 Å². The van der Waals surface area contributed by atoms with Gasteiger partial charge in [-0.3, -0.25) is 0 Å². The molecule has 21 heavy (non-hydrogen) atoms. The molecule has 0 amide bonds. The zero-order valence-corrected chi connectivity index (χ0v) is 12.3. The molecule has 1 unspecified atom stereocenters. The molecule has 0 spiro atoms.